The minimum atomic E-state index is 0.335. The van der Waals surface area contributed by atoms with Crippen LogP contribution in [-0.2, 0) is 6.54 Å². The van der Waals surface area contributed by atoms with Gasteiger partial charge >= 0.3 is 0 Å². The van der Waals surface area contributed by atoms with E-state index in [0.29, 0.717) is 18.0 Å². The van der Waals surface area contributed by atoms with Gasteiger partial charge in [-0.1, -0.05) is 20.8 Å². The van der Waals surface area contributed by atoms with E-state index in [9.17, 15) is 0 Å². The minimum Gasteiger partial charge on any atom is -0.329 e. The minimum absolute atomic E-state index is 0.335. The first-order valence-corrected chi connectivity index (χ1v) is 7.52. The summed E-state index contributed by atoms with van der Waals surface area (Å²) < 4.78 is 2.03. The van der Waals surface area contributed by atoms with E-state index in [4.69, 9.17) is 5.73 Å². The van der Waals surface area contributed by atoms with Crippen molar-refractivity contribution < 1.29 is 0 Å². The summed E-state index contributed by atoms with van der Waals surface area (Å²) in [5.74, 6) is 0. The Morgan fingerprint density at radius 1 is 1.37 bits per heavy atom. The van der Waals surface area contributed by atoms with Gasteiger partial charge in [0.25, 0.3) is 0 Å². The second-order valence-corrected chi connectivity index (χ2v) is 6.49. The summed E-state index contributed by atoms with van der Waals surface area (Å²) in [6, 6.07) is 0.335. The van der Waals surface area contributed by atoms with Crippen LogP contribution in [0.1, 0.15) is 51.6 Å². The standard InChI is InChI=1S/C15H28N4/c1-4-7-19-12-13(11-17-19)14(10-16)18-8-5-15(2,3)6-9-18/h11-12,14H,4-10,16H2,1-3H3. The fraction of sp³-hybridized carbons (Fsp3) is 0.800. The molecule has 2 heterocycles. The molecule has 1 unspecified atom stereocenters. The third kappa shape index (κ3) is 3.57. The molecule has 4 heteroatoms. The summed E-state index contributed by atoms with van der Waals surface area (Å²) in [6.07, 6.45) is 7.79. The summed E-state index contributed by atoms with van der Waals surface area (Å²) in [4.78, 5) is 2.53. The van der Waals surface area contributed by atoms with Crippen molar-refractivity contribution in [1.82, 2.24) is 14.7 Å². The second-order valence-electron chi connectivity index (χ2n) is 6.49. The monoisotopic (exact) mass is 264 g/mol. The van der Waals surface area contributed by atoms with Crippen LogP contribution in [0.15, 0.2) is 12.4 Å². The Balaban J connectivity index is 2.03. The van der Waals surface area contributed by atoms with E-state index in [0.717, 1.165) is 26.1 Å². The van der Waals surface area contributed by atoms with Crippen LogP contribution < -0.4 is 5.73 Å². The van der Waals surface area contributed by atoms with Gasteiger partial charge in [-0.2, -0.15) is 5.10 Å². The van der Waals surface area contributed by atoms with E-state index in [-0.39, 0.29) is 0 Å². The molecule has 2 N–H and O–H groups in total. The van der Waals surface area contributed by atoms with Crippen molar-refractivity contribution >= 4 is 0 Å². The average Bonchev–Trinajstić information content (AvgIpc) is 2.81. The lowest BCUT2D eigenvalue weighted by Crippen LogP contribution is -2.42. The van der Waals surface area contributed by atoms with E-state index < -0.39 is 0 Å². The summed E-state index contributed by atoms with van der Waals surface area (Å²) >= 11 is 0. The van der Waals surface area contributed by atoms with Gasteiger partial charge in [0.2, 0.25) is 0 Å². The Hall–Kier alpha value is -0.870. The molecule has 19 heavy (non-hydrogen) atoms. The van der Waals surface area contributed by atoms with Crippen molar-refractivity contribution in [2.75, 3.05) is 19.6 Å². The third-order valence-corrected chi connectivity index (χ3v) is 4.31. The van der Waals surface area contributed by atoms with E-state index >= 15 is 0 Å². The lowest BCUT2D eigenvalue weighted by Gasteiger charge is -2.40. The Morgan fingerprint density at radius 2 is 2.05 bits per heavy atom. The van der Waals surface area contributed by atoms with Gasteiger partial charge in [0.05, 0.1) is 12.2 Å². The molecule has 0 amide bonds. The van der Waals surface area contributed by atoms with Crippen LogP contribution in [-0.4, -0.2) is 34.3 Å². The number of nitrogens with zero attached hydrogens (tertiary/aromatic N) is 3. The molecule has 1 aromatic heterocycles. The molecular formula is C15H28N4. The number of nitrogens with two attached hydrogens (primary N) is 1. The van der Waals surface area contributed by atoms with Gasteiger partial charge in [0, 0.05) is 24.8 Å². The normalized spacial score (nSPS) is 21.5. The van der Waals surface area contributed by atoms with Crippen LogP contribution in [0, 0.1) is 5.41 Å². The van der Waals surface area contributed by atoms with Crippen LogP contribution in [0.4, 0.5) is 0 Å². The van der Waals surface area contributed by atoms with Gasteiger partial charge in [-0.15, -0.1) is 0 Å². The molecule has 0 spiro atoms. The van der Waals surface area contributed by atoms with Crippen molar-refractivity contribution in [3.63, 3.8) is 0 Å². The van der Waals surface area contributed by atoms with Crippen molar-refractivity contribution in [3.05, 3.63) is 18.0 Å². The summed E-state index contributed by atoms with van der Waals surface area (Å²) in [6.45, 7) is 10.9. The number of hydrogen-bond donors (Lipinski definition) is 1. The molecule has 1 saturated heterocycles. The van der Waals surface area contributed by atoms with Crippen LogP contribution in [0.2, 0.25) is 0 Å². The first-order chi connectivity index (χ1) is 9.05. The van der Waals surface area contributed by atoms with Crippen molar-refractivity contribution in [2.45, 2.75) is 52.6 Å². The highest BCUT2D eigenvalue weighted by molar-refractivity contribution is 5.12. The molecule has 1 aliphatic rings. The molecule has 0 radical (unpaired) electrons. The number of hydrogen-bond acceptors (Lipinski definition) is 3. The van der Waals surface area contributed by atoms with E-state index in [2.05, 4.69) is 37.0 Å². The van der Waals surface area contributed by atoms with Gasteiger partial charge in [0.1, 0.15) is 0 Å². The highest BCUT2D eigenvalue weighted by Crippen LogP contribution is 2.33. The molecule has 0 saturated carbocycles. The molecule has 1 aliphatic heterocycles. The maximum atomic E-state index is 6.01. The molecule has 1 fully saturated rings. The molecular weight excluding hydrogens is 236 g/mol. The van der Waals surface area contributed by atoms with Crippen molar-refractivity contribution in [2.24, 2.45) is 11.1 Å². The van der Waals surface area contributed by atoms with Crippen molar-refractivity contribution in [3.8, 4) is 0 Å². The Labute approximate surface area is 117 Å². The van der Waals surface area contributed by atoms with Crippen LogP contribution in [0.5, 0.6) is 0 Å². The zero-order chi connectivity index (χ0) is 13.9. The lowest BCUT2D eigenvalue weighted by molar-refractivity contribution is 0.0963. The number of likely N-dealkylation sites (tertiary alicyclic amines) is 1. The molecule has 1 atom stereocenters. The molecule has 2 rings (SSSR count). The zero-order valence-electron chi connectivity index (χ0n) is 12.6. The molecule has 0 aromatic carbocycles. The summed E-state index contributed by atoms with van der Waals surface area (Å²) in [5, 5.41) is 4.43. The quantitative estimate of drug-likeness (QED) is 0.888. The molecule has 4 nitrogen and oxygen atoms in total. The summed E-state index contributed by atoms with van der Waals surface area (Å²) in [7, 11) is 0. The molecule has 0 aliphatic carbocycles. The molecule has 0 bridgehead atoms. The maximum Gasteiger partial charge on any atom is 0.0538 e. The fourth-order valence-electron chi connectivity index (χ4n) is 2.84. The summed E-state index contributed by atoms with van der Waals surface area (Å²) in [5.41, 5.74) is 7.77. The van der Waals surface area contributed by atoms with Crippen LogP contribution in [0.3, 0.4) is 0 Å². The predicted octanol–water partition coefficient (Wildman–Crippen LogP) is 2.41. The number of aryl methyl sites for hydroxylation is 1. The lowest BCUT2D eigenvalue weighted by atomic mass is 9.82. The Morgan fingerprint density at radius 3 is 2.63 bits per heavy atom. The van der Waals surface area contributed by atoms with Gasteiger partial charge in [-0.3, -0.25) is 9.58 Å². The second kappa shape index (κ2) is 6.06. The number of piperidine rings is 1. The van der Waals surface area contributed by atoms with E-state index in [1.807, 2.05) is 10.9 Å². The Bertz CT molecular complexity index is 387. The predicted molar refractivity (Wildman–Crippen MR) is 78.9 cm³/mol. The first kappa shape index (κ1) is 14.5. The van der Waals surface area contributed by atoms with Gasteiger partial charge in [0.15, 0.2) is 0 Å². The van der Waals surface area contributed by atoms with Gasteiger partial charge < -0.3 is 5.73 Å². The van der Waals surface area contributed by atoms with Crippen LogP contribution in [0.25, 0.3) is 0 Å². The largest absolute Gasteiger partial charge is 0.329 e. The SMILES string of the molecule is CCCn1cc(C(CN)N2CCC(C)(C)CC2)cn1. The average molecular weight is 264 g/mol. The van der Waals surface area contributed by atoms with Gasteiger partial charge in [-0.05, 0) is 37.8 Å². The topological polar surface area (TPSA) is 47.1 Å². The van der Waals surface area contributed by atoms with Gasteiger partial charge in [-0.25, -0.2) is 0 Å². The van der Waals surface area contributed by atoms with Crippen LogP contribution >= 0.6 is 0 Å². The zero-order valence-corrected chi connectivity index (χ0v) is 12.6. The van der Waals surface area contributed by atoms with E-state index in [1.54, 1.807) is 0 Å². The smallest absolute Gasteiger partial charge is 0.0538 e. The highest BCUT2D eigenvalue weighted by Gasteiger charge is 2.29. The first-order valence-electron chi connectivity index (χ1n) is 7.52. The molecule has 108 valence electrons. The number of rotatable bonds is 5. The van der Waals surface area contributed by atoms with Crippen molar-refractivity contribution in [1.29, 1.82) is 0 Å². The molecule has 1 aromatic rings. The fourth-order valence-corrected chi connectivity index (χ4v) is 2.84. The Kier molecular flexibility index (Phi) is 4.63. The maximum absolute atomic E-state index is 6.01. The third-order valence-electron chi connectivity index (χ3n) is 4.31. The highest BCUT2D eigenvalue weighted by atomic mass is 15.3. The van der Waals surface area contributed by atoms with E-state index in [1.165, 1.54) is 18.4 Å². The number of aromatic nitrogens is 2.